The van der Waals surface area contributed by atoms with E-state index in [0.717, 1.165) is 22.3 Å². The van der Waals surface area contributed by atoms with E-state index in [-0.39, 0.29) is 18.4 Å². The minimum absolute atomic E-state index is 0.254. The number of rotatable bonds is 8. The number of aromatic nitrogens is 2. The van der Waals surface area contributed by atoms with Crippen molar-refractivity contribution in [3.8, 4) is 0 Å². The predicted octanol–water partition coefficient (Wildman–Crippen LogP) is 3.59. The number of carbonyl (C=O) groups is 3. The van der Waals surface area contributed by atoms with Gasteiger partial charge < -0.3 is 18.6 Å². The Balaban J connectivity index is 1.67. The maximum absolute atomic E-state index is 12.7. The Hall–Kier alpha value is -3.35. The molecule has 1 aromatic carbocycles. The van der Waals surface area contributed by atoms with Gasteiger partial charge in [-0.15, -0.1) is 0 Å². The molecule has 0 bridgehead atoms. The van der Waals surface area contributed by atoms with Crippen LogP contribution in [-0.2, 0) is 27.9 Å². The third kappa shape index (κ3) is 4.30. The molecular weight excluding hydrogens is 384 g/mol. The molecule has 0 saturated carbocycles. The first-order valence-electron chi connectivity index (χ1n) is 9.81. The van der Waals surface area contributed by atoms with Crippen molar-refractivity contribution in [2.75, 3.05) is 13.7 Å². The molecule has 0 atom stereocenters. The number of Topliss-reactive ketones (excluding diaryl/α,β-unsaturated/α-hetero) is 1. The zero-order valence-electron chi connectivity index (χ0n) is 17.7. The number of methoxy groups -OCH3 is 1. The summed E-state index contributed by atoms with van der Waals surface area (Å²) in [5.74, 6) is -1.03. The SMILES string of the molecule is COC(=O)CCCn1c(C)cc(C(=O)COC(=O)c2cn(C)c3ccccc23)c1C. The first kappa shape index (κ1) is 21.4. The number of nitrogens with zero attached hydrogens (tertiary/aromatic N) is 2. The van der Waals surface area contributed by atoms with E-state index in [0.29, 0.717) is 30.5 Å². The topological polar surface area (TPSA) is 79.5 Å². The molecule has 0 spiro atoms. The van der Waals surface area contributed by atoms with Crippen LogP contribution in [0.3, 0.4) is 0 Å². The van der Waals surface area contributed by atoms with Crippen molar-refractivity contribution in [1.82, 2.24) is 9.13 Å². The highest BCUT2D eigenvalue weighted by molar-refractivity contribution is 6.06. The largest absolute Gasteiger partial charge is 0.469 e. The number of ether oxygens (including phenoxy) is 2. The summed E-state index contributed by atoms with van der Waals surface area (Å²) in [7, 11) is 3.23. The maximum Gasteiger partial charge on any atom is 0.340 e. The highest BCUT2D eigenvalue weighted by Gasteiger charge is 2.20. The second kappa shape index (κ2) is 8.98. The number of carbonyl (C=O) groups excluding carboxylic acids is 3. The average Bonchev–Trinajstić information content (AvgIpc) is 3.23. The first-order valence-corrected chi connectivity index (χ1v) is 9.81. The summed E-state index contributed by atoms with van der Waals surface area (Å²) in [6.45, 7) is 4.04. The molecule has 158 valence electrons. The fourth-order valence-corrected chi connectivity index (χ4v) is 3.70. The van der Waals surface area contributed by atoms with Crippen molar-refractivity contribution in [1.29, 1.82) is 0 Å². The van der Waals surface area contributed by atoms with E-state index in [1.54, 1.807) is 12.3 Å². The van der Waals surface area contributed by atoms with Gasteiger partial charge in [-0.25, -0.2) is 4.79 Å². The predicted molar refractivity (Wildman–Crippen MR) is 113 cm³/mol. The summed E-state index contributed by atoms with van der Waals surface area (Å²) < 4.78 is 13.8. The third-order valence-corrected chi connectivity index (χ3v) is 5.32. The summed E-state index contributed by atoms with van der Waals surface area (Å²) in [5.41, 5.74) is 3.60. The lowest BCUT2D eigenvalue weighted by Gasteiger charge is -2.09. The Morgan fingerprint density at radius 3 is 2.53 bits per heavy atom. The van der Waals surface area contributed by atoms with Crippen molar-refractivity contribution in [3.05, 3.63) is 59.0 Å². The number of hydrogen-bond acceptors (Lipinski definition) is 5. The summed E-state index contributed by atoms with van der Waals surface area (Å²) in [6.07, 6.45) is 2.65. The van der Waals surface area contributed by atoms with Crippen molar-refractivity contribution >= 4 is 28.6 Å². The summed E-state index contributed by atoms with van der Waals surface area (Å²) in [5, 5.41) is 0.793. The fraction of sp³-hybridized carbons (Fsp3) is 0.348. The van der Waals surface area contributed by atoms with Crippen LogP contribution >= 0.6 is 0 Å². The van der Waals surface area contributed by atoms with Gasteiger partial charge in [-0.05, 0) is 32.4 Å². The molecule has 0 unspecified atom stereocenters. The van der Waals surface area contributed by atoms with Gasteiger partial charge in [0.1, 0.15) is 0 Å². The van der Waals surface area contributed by atoms with Crippen molar-refractivity contribution in [3.63, 3.8) is 0 Å². The highest BCUT2D eigenvalue weighted by Crippen LogP contribution is 2.22. The average molecular weight is 410 g/mol. The van der Waals surface area contributed by atoms with Gasteiger partial charge in [-0.1, -0.05) is 18.2 Å². The first-order chi connectivity index (χ1) is 14.3. The molecule has 0 saturated heterocycles. The summed E-state index contributed by atoms with van der Waals surface area (Å²) >= 11 is 0. The van der Waals surface area contributed by atoms with Crippen molar-refractivity contribution < 1.29 is 23.9 Å². The van der Waals surface area contributed by atoms with Crippen LogP contribution in [0, 0.1) is 13.8 Å². The number of ketones is 1. The van der Waals surface area contributed by atoms with Gasteiger partial charge in [0.25, 0.3) is 0 Å². The van der Waals surface area contributed by atoms with Gasteiger partial charge in [0, 0.05) is 54.1 Å². The Morgan fingerprint density at radius 1 is 1.07 bits per heavy atom. The van der Waals surface area contributed by atoms with Gasteiger partial charge in [0.15, 0.2) is 6.61 Å². The highest BCUT2D eigenvalue weighted by atomic mass is 16.5. The molecule has 3 aromatic rings. The Kier molecular flexibility index (Phi) is 6.40. The van der Waals surface area contributed by atoms with Crippen LogP contribution in [0.2, 0.25) is 0 Å². The summed E-state index contributed by atoms with van der Waals surface area (Å²) in [6, 6.07) is 9.34. The molecule has 2 aromatic heterocycles. The number of esters is 2. The van der Waals surface area contributed by atoms with E-state index < -0.39 is 5.97 Å². The van der Waals surface area contributed by atoms with Gasteiger partial charge in [0.2, 0.25) is 5.78 Å². The zero-order chi connectivity index (χ0) is 21.8. The number of aryl methyl sites for hydroxylation is 2. The van der Waals surface area contributed by atoms with E-state index in [2.05, 4.69) is 4.74 Å². The zero-order valence-corrected chi connectivity index (χ0v) is 17.7. The molecule has 3 rings (SSSR count). The van der Waals surface area contributed by atoms with Gasteiger partial charge in [-0.3, -0.25) is 9.59 Å². The molecule has 7 nitrogen and oxygen atoms in total. The van der Waals surface area contributed by atoms with Crippen LogP contribution in [0.15, 0.2) is 36.5 Å². The standard InChI is InChI=1S/C23H26N2O5/c1-15-12-18(16(2)25(15)11-7-10-22(27)29-4)21(26)14-30-23(28)19-13-24(3)20-9-6-5-8-17(19)20/h5-6,8-9,12-13H,7,10-11,14H2,1-4H3. The van der Waals surface area contributed by atoms with Gasteiger partial charge in [0.05, 0.1) is 12.7 Å². The molecule has 0 aliphatic carbocycles. The van der Waals surface area contributed by atoms with E-state index in [1.807, 2.05) is 54.3 Å². The monoisotopic (exact) mass is 410 g/mol. The Morgan fingerprint density at radius 2 is 1.80 bits per heavy atom. The minimum atomic E-state index is -0.521. The number of hydrogen-bond donors (Lipinski definition) is 0. The quantitative estimate of drug-likeness (QED) is 0.419. The lowest BCUT2D eigenvalue weighted by atomic mass is 10.1. The molecule has 0 aliphatic rings. The molecule has 0 aliphatic heterocycles. The molecule has 30 heavy (non-hydrogen) atoms. The van der Waals surface area contributed by atoms with Crippen LogP contribution < -0.4 is 0 Å². The van der Waals surface area contributed by atoms with E-state index in [1.165, 1.54) is 7.11 Å². The van der Waals surface area contributed by atoms with Crippen LogP contribution in [0.1, 0.15) is 44.9 Å². The van der Waals surface area contributed by atoms with Gasteiger partial charge in [-0.2, -0.15) is 0 Å². The molecular formula is C23H26N2O5. The lowest BCUT2D eigenvalue weighted by Crippen LogP contribution is -2.15. The molecule has 7 heteroatoms. The molecule has 0 radical (unpaired) electrons. The normalized spacial score (nSPS) is 10.9. The van der Waals surface area contributed by atoms with Crippen LogP contribution in [-0.4, -0.2) is 40.6 Å². The van der Waals surface area contributed by atoms with E-state index >= 15 is 0 Å². The van der Waals surface area contributed by atoms with Crippen molar-refractivity contribution in [2.45, 2.75) is 33.2 Å². The third-order valence-electron chi connectivity index (χ3n) is 5.32. The van der Waals surface area contributed by atoms with Gasteiger partial charge >= 0.3 is 11.9 Å². The molecule has 0 N–H and O–H groups in total. The fourth-order valence-electron chi connectivity index (χ4n) is 3.70. The minimum Gasteiger partial charge on any atom is -0.469 e. The smallest absolute Gasteiger partial charge is 0.340 e. The lowest BCUT2D eigenvalue weighted by molar-refractivity contribution is -0.140. The summed E-state index contributed by atoms with van der Waals surface area (Å²) in [4.78, 5) is 36.6. The second-order valence-electron chi connectivity index (χ2n) is 7.29. The van der Waals surface area contributed by atoms with E-state index in [9.17, 15) is 14.4 Å². The molecule has 0 amide bonds. The van der Waals surface area contributed by atoms with Crippen molar-refractivity contribution in [2.24, 2.45) is 7.05 Å². The number of para-hydroxylation sites is 1. The van der Waals surface area contributed by atoms with Crippen LogP contribution in [0.4, 0.5) is 0 Å². The van der Waals surface area contributed by atoms with Crippen LogP contribution in [0.5, 0.6) is 0 Å². The maximum atomic E-state index is 12.7. The van der Waals surface area contributed by atoms with Crippen LogP contribution in [0.25, 0.3) is 10.9 Å². The molecule has 0 fully saturated rings. The molecule has 2 heterocycles. The number of benzene rings is 1. The van der Waals surface area contributed by atoms with E-state index in [4.69, 9.17) is 4.74 Å². The second-order valence-corrected chi connectivity index (χ2v) is 7.29. The Labute approximate surface area is 175 Å². The number of fused-ring (bicyclic) bond motifs is 1. The Bertz CT molecular complexity index is 1110.